The van der Waals surface area contributed by atoms with Gasteiger partial charge in [-0.15, -0.1) is 0 Å². The first-order valence-electron chi connectivity index (χ1n) is 4.83. The maximum atomic E-state index is 11.2. The standard InChI is InChI=1S/C12H12O3/c1-9(13)8-10(11-4-2-6-14-11)12-5-3-7-15-12/h2-7,10H,8H2,1H3. The van der Waals surface area contributed by atoms with E-state index in [0.717, 1.165) is 11.5 Å². The minimum atomic E-state index is -0.104. The average molecular weight is 204 g/mol. The smallest absolute Gasteiger partial charge is 0.131 e. The molecule has 3 nitrogen and oxygen atoms in total. The van der Waals surface area contributed by atoms with Gasteiger partial charge in [-0.2, -0.15) is 0 Å². The maximum absolute atomic E-state index is 11.2. The molecular weight excluding hydrogens is 192 g/mol. The van der Waals surface area contributed by atoms with E-state index in [1.54, 1.807) is 19.5 Å². The molecule has 2 heterocycles. The van der Waals surface area contributed by atoms with Crippen LogP contribution in [0.3, 0.4) is 0 Å². The number of carbonyl (C=O) groups is 1. The van der Waals surface area contributed by atoms with E-state index in [1.807, 2.05) is 24.3 Å². The van der Waals surface area contributed by atoms with Gasteiger partial charge in [0.15, 0.2) is 0 Å². The molecule has 0 saturated carbocycles. The number of furan rings is 2. The summed E-state index contributed by atoms with van der Waals surface area (Å²) in [6.45, 7) is 1.57. The van der Waals surface area contributed by atoms with Crippen molar-refractivity contribution in [1.82, 2.24) is 0 Å². The monoisotopic (exact) mass is 204 g/mol. The predicted octanol–water partition coefficient (Wildman–Crippen LogP) is 2.98. The number of hydrogen-bond donors (Lipinski definition) is 0. The fourth-order valence-corrected chi connectivity index (χ4v) is 1.61. The molecule has 2 rings (SSSR count). The summed E-state index contributed by atoms with van der Waals surface area (Å²) in [6, 6.07) is 7.34. The predicted molar refractivity (Wildman–Crippen MR) is 54.6 cm³/mol. The Bertz CT molecular complexity index is 377. The van der Waals surface area contributed by atoms with E-state index in [2.05, 4.69) is 0 Å². The second-order valence-corrected chi connectivity index (χ2v) is 3.49. The summed E-state index contributed by atoms with van der Waals surface area (Å²) in [5.41, 5.74) is 0. The Morgan fingerprint density at radius 1 is 1.20 bits per heavy atom. The minimum absolute atomic E-state index is 0.104. The highest BCUT2D eigenvalue weighted by atomic mass is 16.3. The quantitative estimate of drug-likeness (QED) is 0.768. The number of Topliss-reactive ketones (excluding diaryl/α,β-unsaturated/α-hetero) is 1. The Hall–Kier alpha value is -1.77. The lowest BCUT2D eigenvalue weighted by Gasteiger charge is -2.09. The molecule has 0 spiro atoms. The van der Waals surface area contributed by atoms with Crippen LogP contribution in [0.5, 0.6) is 0 Å². The number of hydrogen-bond acceptors (Lipinski definition) is 3. The van der Waals surface area contributed by atoms with Gasteiger partial charge >= 0.3 is 0 Å². The van der Waals surface area contributed by atoms with Gasteiger partial charge in [-0.1, -0.05) is 0 Å². The zero-order valence-electron chi connectivity index (χ0n) is 8.47. The fourth-order valence-electron chi connectivity index (χ4n) is 1.61. The average Bonchev–Trinajstić information content (AvgIpc) is 2.87. The molecule has 0 N–H and O–H groups in total. The van der Waals surface area contributed by atoms with E-state index in [0.29, 0.717) is 6.42 Å². The molecule has 0 atom stereocenters. The molecule has 15 heavy (non-hydrogen) atoms. The highest BCUT2D eigenvalue weighted by Gasteiger charge is 2.21. The molecule has 2 aromatic rings. The summed E-state index contributed by atoms with van der Waals surface area (Å²) >= 11 is 0. The van der Waals surface area contributed by atoms with Crippen molar-refractivity contribution in [2.24, 2.45) is 0 Å². The van der Waals surface area contributed by atoms with Gasteiger partial charge in [-0.05, 0) is 31.2 Å². The van der Waals surface area contributed by atoms with Crippen molar-refractivity contribution in [2.75, 3.05) is 0 Å². The van der Waals surface area contributed by atoms with Crippen LogP contribution >= 0.6 is 0 Å². The van der Waals surface area contributed by atoms with E-state index in [-0.39, 0.29) is 11.7 Å². The molecule has 0 aromatic carbocycles. The van der Waals surface area contributed by atoms with E-state index in [4.69, 9.17) is 8.83 Å². The summed E-state index contributed by atoms with van der Waals surface area (Å²) in [5.74, 6) is 1.54. The van der Waals surface area contributed by atoms with Crippen LogP contribution in [0.1, 0.15) is 30.8 Å². The summed E-state index contributed by atoms with van der Waals surface area (Å²) in [5, 5.41) is 0. The van der Waals surface area contributed by atoms with Crippen molar-refractivity contribution in [3.8, 4) is 0 Å². The van der Waals surface area contributed by atoms with Crippen LogP contribution in [0.25, 0.3) is 0 Å². The van der Waals surface area contributed by atoms with E-state index in [1.165, 1.54) is 0 Å². The van der Waals surface area contributed by atoms with Gasteiger partial charge in [0.25, 0.3) is 0 Å². The molecule has 0 bridgehead atoms. The van der Waals surface area contributed by atoms with E-state index < -0.39 is 0 Å². The van der Waals surface area contributed by atoms with Crippen LogP contribution in [-0.4, -0.2) is 5.78 Å². The molecule has 0 saturated heterocycles. The van der Waals surface area contributed by atoms with Gasteiger partial charge in [0.05, 0.1) is 18.4 Å². The molecule has 0 unspecified atom stereocenters. The van der Waals surface area contributed by atoms with Crippen LogP contribution in [-0.2, 0) is 4.79 Å². The minimum Gasteiger partial charge on any atom is -0.469 e. The Balaban J connectivity index is 2.29. The zero-order valence-corrected chi connectivity index (χ0v) is 8.47. The number of ketones is 1. The molecule has 0 radical (unpaired) electrons. The first-order valence-corrected chi connectivity index (χ1v) is 4.83. The second-order valence-electron chi connectivity index (χ2n) is 3.49. The van der Waals surface area contributed by atoms with Crippen LogP contribution in [0.2, 0.25) is 0 Å². The molecule has 0 aliphatic rings. The maximum Gasteiger partial charge on any atom is 0.131 e. The van der Waals surface area contributed by atoms with E-state index >= 15 is 0 Å². The van der Waals surface area contributed by atoms with Gasteiger partial charge in [-0.3, -0.25) is 4.79 Å². The summed E-state index contributed by atoms with van der Waals surface area (Å²) < 4.78 is 10.6. The largest absolute Gasteiger partial charge is 0.469 e. The van der Waals surface area contributed by atoms with Crippen LogP contribution in [0.15, 0.2) is 45.6 Å². The van der Waals surface area contributed by atoms with Crippen LogP contribution < -0.4 is 0 Å². The Labute approximate surface area is 87.7 Å². The zero-order chi connectivity index (χ0) is 10.7. The molecule has 0 aliphatic heterocycles. The summed E-state index contributed by atoms with van der Waals surface area (Å²) in [4.78, 5) is 11.2. The Morgan fingerprint density at radius 2 is 1.73 bits per heavy atom. The van der Waals surface area contributed by atoms with Crippen molar-refractivity contribution in [2.45, 2.75) is 19.3 Å². The third kappa shape index (κ3) is 2.18. The Morgan fingerprint density at radius 3 is 2.07 bits per heavy atom. The van der Waals surface area contributed by atoms with Crippen LogP contribution in [0, 0.1) is 0 Å². The molecule has 0 fully saturated rings. The van der Waals surface area contributed by atoms with Crippen molar-refractivity contribution >= 4 is 5.78 Å². The topological polar surface area (TPSA) is 43.4 Å². The van der Waals surface area contributed by atoms with Crippen molar-refractivity contribution in [1.29, 1.82) is 0 Å². The number of rotatable bonds is 4. The number of carbonyl (C=O) groups excluding carboxylic acids is 1. The van der Waals surface area contributed by atoms with E-state index in [9.17, 15) is 4.79 Å². The molecule has 78 valence electrons. The lowest BCUT2D eigenvalue weighted by atomic mass is 9.97. The van der Waals surface area contributed by atoms with Crippen molar-refractivity contribution < 1.29 is 13.6 Å². The highest BCUT2D eigenvalue weighted by Crippen LogP contribution is 2.28. The van der Waals surface area contributed by atoms with Crippen molar-refractivity contribution in [3.05, 3.63) is 48.3 Å². The van der Waals surface area contributed by atoms with Gasteiger partial charge in [-0.25, -0.2) is 0 Å². The lowest BCUT2D eigenvalue weighted by Crippen LogP contribution is -2.04. The summed E-state index contributed by atoms with van der Waals surface area (Å²) in [7, 11) is 0. The molecule has 0 aliphatic carbocycles. The second kappa shape index (κ2) is 4.17. The van der Waals surface area contributed by atoms with Gasteiger partial charge in [0.2, 0.25) is 0 Å². The van der Waals surface area contributed by atoms with Crippen molar-refractivity contribution in [3.63, 3.8) is 0 Å². The van der Waals surface area contributed by atoms with Gasteiger partial charge in [0.1, 0.15) is 17.3 Å². The third-order valence-corrected chi connectivity index (χ3v) is 2.26. The SMILES string of the molecule is CC(=O)CC(c1ccco1)c1ccco1. The molecule has 0 amide bonds. The van der Waals surface area contributed by atoms with Gasteiger partial charge in [0, 0.05) is 6.42 Å². The first-order chi connectivity index (χ1) is 7.27. The molecule has 3 heteroatoms. The normalized spacial score (nSPS) is 10.8. The highest BCUT2D eigenvalue weighted by molar-refractivity contribution is 5.76. The van der Waals surface area contributed by atoms with Crippen LogP contribution in [0.4, 0.5) is 0 Å². The Kier molecular flexibility index (Phi) is 2.72. The lowest BCUT2D eigenvalue weighted by molar-refractivity contribution is -0.117. The molecule has 2 aromatic heterocycles. The van der Waals surface area contributed by atoms with Gasteiger partial charge < -0.3 is 8.83 Å². The fraction of sp³-hybridized carbons (Fsp3) is 0.250. The molecular formula is C12H12O3. The summed E-state index contributed by atoms with van der Waals surface area (Å²) in [6.07, 6.45) is 3.61. The third-order valence-electron chi connectivity index (χ3n) is 2.26. The first kappa shape index (κ1) is 9.77.